The average Bonchev–Trinajstić information content (AvgIpc) is 2.14. The maximum Gasteiger partial charge on any atom is 0.291 e. The minimum absolute atomic E-state index is 0.600. The van der Waals surface area contributed by atoms with Gasteiger partial charge >= 0.3 is 0 Å². The van der Waals surface area contributed by atoms with E-state index in [0.29, 0.717) is 5.96 Å². The van der Waals surface area contributed by atoms with Crippen molar-refractivity contribution in [1.29, 1.82) is 0 Å². The lowest BCUT2D eigenvalue weighted by atomic mass is 10.3. The van der Waals surface area contributed by atoms with Gasteiger partial charge in [0.2, 0.25) is 0 Å². The van der Waals surface area contributed by atoms with E-state index < -0.39 is 5.09 Å². The summed E-state index contributed by atoms with van der Waals surface area (Å²) in [5, 5.41) is 16.6. The Balaban J connectivity index is 0.000000261. The predicted molar refractivity (Wildman–Crippen MR) is 42.5 cm³/mol. The van der Waals surface area contributed by atoms with E-state index in [2.05, 4.69) is 10.3 Å². The molecule has 1 aliphatic heterocycles. The summed E-state index contributed by atoms with van der Waals surface area (Å²) in [6, 6.07) is 0. The third-order valence-electron chi connectivity index (χ3n) is 1.17. The van der Waals surface area contributed by atoms with Crippen molar-refractivity contribution in [2.45, 2.75) is 12.8 Å². The van der Waals surface area contributed by atoms with Crippen LogP contribution in [0.5, 0.6) is 0 Å². The van der Waals surface area contributed by atoms with E-state index in [1.165, 1.54) is 6.42 Å². The second-order valence-corrected chi connectivity index (χ2v) is 2.14. The fourth-order valence-electron chi connectivity index (χ4n) is 0.709. The largest absolute Gasteiger partial charge is 0.370 e. The van der Waals surface area contributed by atoms with Gasteiger partial charge in [-0.05, 0) is 12.8 Å². The standard InChI is InChI=1S/C5H11N3.HNO3/c6-5-7-3-1-2-4-8-5;2-1(3)4/h1-4H2,(H3,6,7,8);(H,2,3,4). The zero-order valence-corrected chi connectivity index (χ0v) is 6.56. The molecule has 0 atom stereocenters. The number of hydrogen-bond acceptors (Lipinski definition) is 5. The molecule has 0 radical (unpaired) electrons. The molecule has 0 saturated heterocycles. The first kappa shape index (κ1) is 10.5. The Labute approximate surface area is 69.4 Å². The molecule has 0 aromatic carbocycles. The number of hydrogen-bond donors (Lipinski definition) is 3. The number of nitrogens with one attached hydrogen (secondary N) is 1. The molecule has 0 aliphatic carbocycles. The van der Waals surface area contributed by atoms with Gasteiger partial charge in [-0.3, -0.25) is 4.99 Å². The van der Waals surface area contributed by atoms with Crippen LogP contribution in [0.3, 0.4) is 0 Å². The highest BCUT2D eigenvalue weighted by atomic mass is 16.9. The molecule has 7 heteroatoms. The van der Waals surface area contributed by atoms with Crippen molar-refractivity contribution in [2.75, 3.05) is 13.1 Å². The lowest BCUT2D eigenvalue weighted by molar-refractivity contribution is -0.742. The minimum atomic E-state index is -1.50. The average molecular weight is 176 g/mol. The molecule has 0 saturated carbocycles. The molecule has 0 aromatic heterocycles. The van der Waals surface area contributed by atoms with E-state index in [1.54, 1.807) is 0 Å². The number of nitrogens with zero attached hydrogens (tertiary/aromatic N) is 2. The van der Waals surface area contributed by atoms with Gasteiger partial charge in [0.15, 0.2) is 5.96 Å². The fraction of sp³-hybridized carbons (Fsp3) is 0.800. The van der Waals surface area contributed by atoms with E-state index in [-0.39, 0.29) is 0 Å². The van der Waals surface area contributed by atoms with Gasteiger partial charge in [-0.25, -0.2) is 0 Å². The maximum atomic E-state index is 8.36. The zero-order valence-electron chi connectivity index (χ0n) is 6.56. The van der Waals surface area contributed by atoms with Gasteiger partial charge in [0.25, 0.3) is 5.09 Å². The van der Waals surface area contributed by atoms with Crippen LogP contribution in [0.1, 0.15) is 12.8 Å². The number of aliphatic imine (C=N–C) groups is 1. The van der Waals surface area contributed by atoms with Crippen LogP contribution >= 0.6 is 0 Å². The molecule has 4 N–H and O–H groups in total. The molecule has 7 nitrogen and oxygen atoms in total. The van der Waals surface area contributed by atoms with Gasteiger partial charge in [0.05, 0.1) is 0 Å². The summed E-state index contributed by atoms with van der Waals surface area (Å²) in [6.07, 6.45) is 2.35. The topological polar surface area (TPSA) is 114 Å². The second-order valence-electron chi connectivity index (χ2n) is 2.14. The smallest absolute Gasteiger partial charge is 0.291 e. The monoisotopic (exact) mass is 176 g/mol. The molecule has 70 valence electrons. The first-order valence-corrected chi connectivity index (χ1v) is 3.50. The number of nitrogens with two attached hydrogens (primary N) is 1. The van der Waals surface area contributed by atoms with Gasteiger partial charge in [0, 0.05) is 13.1 Å². The van der Waals surface area contributed by atoms with Gasteiger partial charge in [-0.2, -0.15) is 0 Å². The van der Waals surface area contributed by atoms with Crippen molar-refractivity contribution >= 4 is 5.96 Å². The normalized spacial score (nSPS) is 15.8. The maximum absolute atomic E-state index is 8.36. The second kappa shape index (κ2) is 6.20. The van der Waals surface area contributed by atoms with E-state index >= 15 is 0 Å². The number of guanidine groups is 1. The van der Waals surface area contributed by atoms with E-state index in [1.807, 2.05) is 0 Å². The minimum Gasteiger partial charge on any atom is -0.370 e. The molecular weight excluding hydrogens is 164 g/mol. The Morgan fingerprint density at radius 1 is 1.67 bits per heavy atom. The molecule has 1 rings (SSSR count). The number of rotatable bonds is 0. The van der Waals surface area contributed by atoms with Crippen molar-refractivity contribution in [3.8, 4) is 0 Å². The van der Waals surface area contributed by atoms with Crippen LogP contribution in [0, 0.1) is 10.1 Å². The fourth-order valence-corrected chi connectivity index (χ4v) is 0.709. The highest BCUT2D eigenvalue weighted by molar-refractivity contribution is 5.77. The molecule has 12 heavy (non-hydrogen) atoms. The Hall–Kier alpha value is -1.53. The highest BCUT2D eigenvalue weighted by Gasteiger charge is 1.95. The first-order chi connectivity index (χ1) is 5.63. The van der Waals surface area contributed by atoms with E-state index in [4.69, 9.17) is 21.1 Å². The molecule has 0 fully saturated rings. The summed E-state index contributed by atoms with van der Waals surface area (Å²) >= 11 is 0. The summed E-state index contributed by atoms with van der Waals surface area (Å²) in [4.78, 5) is 12.4. The Morgan fingerprint density at radius 2 is 2.25 bits per heavy atom. The Morgan fingerprint density at radius 3 is 2.83 bits per heavy atom. The molecule has 1 aliphatic rings. The van der Waals surface area contributed by atoms with Crippen molar-refractivity contribution in [2.24, 2.45) is 10.7 Å². The van der Waals surface area contributed by atoms with E-state index in [9.17, 15) is 0 Å². The van der Waals surface area contributed by atoms with Gasteiger partial charge in [-0.1, -0.05) is 0 Å². The molecular formula is C5H12N4O3. The summed E-state index contributed by atoms with van der Waals surface area (Å²) in [5.41, 5.74) is 5.37. The quantitative estimate of drug-likeness (QED) is 0.335. The predicted octanol–water partition coefficient (Wildman–Crippen LogP) is -0.663. The molecule has 1 heterocycles. The van der Waals surface area contributed by atoms with Gasteiger partial charge in [0.1, 0.15) is 0 Å². The van der Waals surface area contributed by atoms with Crippen molar-refractivity contribution in [1.82, 2.24) is 5.32 Å². The molecule has 0 bridgehead atoms. The highest BCUT2D eigenvalue weighted by Crippen LogP contribution is 1.90. The van der Waals surface area contributed by atoms with E-state index in [0.717, 1.165) is 19.5 Å². The summed E-state index contributed by atoms with van der Waals surface area (Å²) < 4.78 is 0. The molecule has 0 spiro atoms. The van der Waals surface area contributed by atoms with Crippen molar-refractivity contribution in [3.05, 3.63) is 10.1 Å². The van der Waals surface area contributed by atoms with Gasteiger partial charge in [-0.15, -0.1) is 10.1 Å². The van der Waals surface area contributed by atoms with Crippen LogP contribution in [0.25, 0.3) is 0 Å². The lowest BCUT2D eigenvalue weighted by Crippen LogP contribution is -2.30. The first-order valence-electron chi connectivity index (χ1n) is 3.50. The third-order valence-corrected chi connectivity index (χ3v) is 1.17. The molecule has 0 aromatic rings. The SMILES string of the molecule is NC1=NCCCCN1.O=[N+]([O-])O. The van der Waals surface area contributed by atoms with Crippen LogP contribution < -0.4 is 11.1 Å². The van der Waals surface area contributed by atoms with Crippen LogP contribution in [0.15, 0.2) is 4.99 Å². The Bertz CT molecular complexity index is 166. The summed E-state index contributed by atoms with van der Waals surface area (Å²) in [6.45, 7) is 1.87. The Kier molecular flexibility index (Phi) is 5.41. The van der Waals surface area contributed by atoms with Crippen LogP contribution in [0.4, 0.5) is 0 Å². The molecule has 0 amide bonds. The van der Waals surface area contributed by atoms with Crippen LogP contribution in [-0.2, 0) is 0 Å². The lowest BCUT2D eigenvalue weighted by Gasteiger charge is -1.96. The van der Waals surface area contributed by atoms with Gasteiger partial charge < -0.3 is 16.3 Å². The molecule has 0 unspecified atom stereocenters. The summed E-state index contributed by atoms with van der Waals surface area (Å²) in [5.74, 6) is 0.600. The zero-order chi connectivity index (χ0) is 9.40. The van der Waals surface area contributed by atoms with Crippen LogP contribution in [-0.4, -0.2) is 29.3 Å². The third kappa shape index (κ3) is 8.47. The van der Waals surface area contributed by atoms with Crippen molar-refractivity contribution in [3.63, 3.8) is 0 Å². The van der Waals surface area contributed by atoms with Crippen molar-refractivity contribution < 1.29 is 10.3 Å². The van der Waals surface area contributed by atoms with Crippen LogP contribution in [0.2, 0.25) is 0 Å². The summed E-state index contributed by atoms with van der Waals surface area (Å²) in [7, 11) is 0.